The first-order valence-electron chi connectivity index (χ1n) is 4.20. The number of hydrogen-bond donors (Lipinski definition) is 0. The molecular weight excluding hydrogens is 357 g/mol. The Labute approximate surface area is 102 Å². The minimum absolute atomic E-state index is 0.0759. The molecule has 94 valence electrons. The summed E-state index contributed by atoms with van der Waals surface area (Å²) >= 11 is -3.94. The summed E-state index contributed by atoms with van der Waals surface area (Å²) in [5.74, 6) is -1.97. The fourth-order valence-electron chi connectivity index (χ4n) is 0.851. The Morgan fingerprint density at radius 2 is 1.76 bits per heavy atom. The molecule has 0 N–H and O–H groups in total. The van der Waals surface area contributed by atoms with Gasteiger partial charge in [0.15, 0.2) is 0 Å². The monoisotopic (exact) mass is 366 g/mol. The van der Waals surface area contributed by atoms with Crippen molar-refractivity contribution in [2.24, 2.45) is 0 Å². The molecule has 0 saturated heterocycles. The molecule has 0 heterocycles. The zero-order valence-electron chi connectivity index (χ0n) is 8.48. The maximum absolute atomic E-state index is 11.8. The Bertz CT molecular complexity index is 427. The molecule has 0 bridgehead atoms. The van der Waals surface area contributed by atoms with Crippen molar-refractivity contribution in [1.29, 1.82) is 0 Å². The van der Waals surface area contributed by atoms with E-state index in [2.05, 4.69) is 3.10 Å². The summed E-state index contributed by atoms with van der Waals surface area (Å²) in [4.78, 5) is 10.4. The molecule has 0 aliphatic rings. The van der Waals surface area contributed by atoms with E-state index in [9.17, 15) is 21.1 Å². The van der Waals surface area contributed by atoms with Crippen LogP contribution in [0.5, 0.6) is 5.75 Å². The standard InChI is InChI=1S/C9H7F3O4Te/c1-15-6-2-4-7(5-3-6)17(14)16-8(13)9(10,11)12/h2-5H,1H3. The van der Waals surface area contributed by atoms with Crippen molar-refractivity contribution in [3.63, 3.8) is 0 Å². The third-order valence-corrected chi connectivity index (χ3v) is 4.37. The zero-order valence-corrected chi connectivity index (χ0v) is 10.8. The van der Waals surface area contributed by atoms with E-state index in [1.165, 1.54) is 31.4 Å². The second-order valence-electron chi connectivity index (χ2n) is 2.78. The van der Waals surface area contributed by atoms with Crippen molar-refractivity contribution >= 4 is 29.5 Å². The maximum atomic E-state index is 11.8. The molecule has 0 spiro atoms. The Morgan fingerprint density at radius 3 is 2.18 bits per heavy atom. The number of ether oxygens (including phenoxy) is 1. The number of hydrogen-bond acceptors (Lipinski definition) is 4. The van der Waals surface area contributed by atoms with Crippen LogP contribution >= 0.6 is 0 Å². The Hall–Kier alpha value is -1.13. The van der Waals surface area contributed by atoms with Gasteiger partial charge in [0.2, 0.25) is 0 Å². The summed E-state index contributed by atoms with van der Waals surface area (Å²) in [5, 5.41) is 0. The van der Waals surface area contributed by atoms with Gasteiger partial charge in [0.1, 0.15) is 0 Å². The molecule has 0 atom stereocenters. The van der Waals surface area contributed by atoms with Crippen LogP contribution in [0.2, 0.25) is 0 Å². The second kappa shape index (κ2) is 5.47. The molecule has 1 aromatic rings. The van der Waals surface area contributed by atoms with Crippen LogP contribution in [0.3, 0.4) is 0 Å². The van der Waals surface area contributed by atoms with Crippen molar-refractivity contribution in [3.05, 3.63) is 24.3 Å². The number of methoxy groups -OCH3 is 1. The van der Waals surface area contributed by atoms with Crippen molar-refractivity contribution in [1.82, 2.24) is 0 Å². The van der Waals surface area contributed by atoms with Gasteiger partial charge in [-0.2, -0.15) is 0 Å². The number of halogens is 3. The van der Waals surface area contributed by atoms with Crippen LogP contribution in [-0.2, 0) is 11.0 Å². The second-order valence-corrected chi connectivity index (χ2v) is 5.94. The van der Waals surface area contributed by atoms with Crippen LogP contribution in [0.4, 0.5) is 13.2 Å². The van der Waals surface area contributed by atoms with Gasteiger partial charge in [-0.05, 0) is 0 Å². The molecule has 0 aliphatic carbocycles. The van der Waals surface area contributed by atoms with Gasteiger partial charge in [-0.3, -0.25) is 0 Å². The molecule has 4 nitrogen and oxygen atoms in total. The van der Waals surface area contributed by atoms with Gasteiger partial charge in [-0.15, -0.1) is 0 Å². The molecule has 0 aromatic heterocycles. The van der Waals surface area contributed by atoms with E-state index in [0.717, 1.165) is 0 Å². The molecular formula is C9H7F3O4Te. The molecule has 0 amide bonds. The van der Waals surface area contributed by atoms with Crippen molar-refractivity contribution in [2.45, 2.75) is 6.18 Å². The molecule has 8 heteroatoms. The number of carbonyl (C=O) groups excluding carboxylic acids is 1. The SMILES string of the molecule is COc1ccc([Te](=O)OC(=O)C(F)(F)F)cc1. The van der Waals surface area contributed by atoms with Crippen LogP contribution in [0.25, 0.3) is 0 Å². The molecule has 17 heavy (non-hydrogen) atoms. The van der Waals surface area contributed by atoms with Crippen molar-refractivity contribution in [2.75, 3.05) is 7.11 Å². The average Bonchev–Trinajstić information content (AvgIpc) is 2.27. The van der Waals surface area contributed by atoms with Gasteiger partial charge in [0.25, 0.3) is 0 Å². The van der Waals surface area contributed by atoms with Gasteiger partial charge in [-0.1, -0.05) is 0 Å². The molecule has 0 fully saturated rings. The van der Waals surface area contributed by atoms with Crippen molar-refractivity contribution < 1.29 is 28.9 Å². The van der Waals surface area contributed by atoms with E-state index >= 15 is 0 Å². The molecule has 0 radical (unpaired) electrons. The molecule has 0 saturated carbocycles. The quantitative estimate of drug-likeness (QED) is 0.750. The summed E-state index contributed by atoms with van der Waals surface area (Å²) in [5.41, 5.74) is 0. The van der Waals surface area contributed by atoms with Crippen LogP contribution in [0, 0.1) is 0 Å². The van der Waals surface area contributed by atoms with E-state index in [1.807, 2.05) is 0 Å². The van der Waals surface area contributed by atoms with Gasteiger partial charge in [-0.25, -0.2) is 0 Å². The fourth-order valence-corrected chi connectivity index (χ4v) is 2.81. The fraction of sp³-hybridized carbons (Fsp3) is 0.222. The van der Waals surface area contributed by atoms with Crippen LogP contribution in [-0.4, -0.2) is 39.2 Å². The van der Waals surface area contributed by atoms with Gasteiger partial charge in [0.05, 0.1) is 0 Å². The summed E-state index contributed by atoms with van der Waals surface area (Å²) in [6.45, 7) is 0. The van der Waals surface area contributed by atoms with Gasteiger partial charge < -0.3 is 0 Å². The van der Waals surface area contributed by atoms with E-state index in [0.29, 0.717) is 5.75 Å². The number of rotatable bonds is 3. The Kier molecular flexibility index (Phi) is 4.48. The third kappa shape index (κ3) is 3.98. The number of alkyl halides is 3. The Balaban J connectivity index is 2.73. The van der Waals surface area contributed by atoms with Crippen molar-refractivity contribution in [3.8, 4) is 5.75 Å². The predicted octanol–water partition coefficient (Wildman–Crippen LogP) is 0.926. The third-order valence-electron chi connectivity index (χ3n) is 1.63. The van der Waals surface area contributed by atoms with Crippen LogP contribution in [0.1, 0.15) is 0 Å². The molecule has 1 rings (SSSR count). The summed E-state index contributed by atoms with van der Waals surface area (Å²) in [6, 6.07) is 5.43. The molecule has 0 aliphatic heterocycles. The van der Waals surface area contributed by atoms with E-state index in [1.54, 1.807) is 0 Å². The zero-order chi connectivity index (χ0) is 13.1. The molecule has 1 aromatic carbocycles. The normalized spacial score (nSPS) is 11.4. The van der Waals surface area contributed by atoms with E-state index in [-0.39, 0.29) is 3.61 Å². The van der Waals surface area contributed by atoms with E-state index in [4.69, 9.17) is 4.74 Å². The first kappa shape index (κ1) is 13.9. The number of benzene rings is 1. The van der Waals surface area contributed by atoms with Crippen LogP contribution < -0.4 is 8.35 Å². The number of carbonyl (C=O) groups is 1. The summed E-state index contributed by atoms with van der Waals surface area (Å²) < 4.78 is 55.7. The molecule has 0 unspecified atom stereocenters. The Morgan fingerprint density at radius 1 is 1.24 bits per heavy atom. The topological polar surface area (TPSA) is 52.6 Å². The summed E-state index contributed by atoms with van der Waals surface area (Å²) in [7, 11) is 1.41. The average molecular weight is 364 g/mol. The first-order chi connectivity index (χ1) is 7.84. The first-order valence-corrected chi connectivity index (χ1v) is 7.26. The van der Waals surface area contributed by atoms with Crippen LogP contribution in [0.15, 0.2) is 24.3 Å². The van der Waals surface area contributed by atoms with Gasteiger partial charge >= 0.3 is 102 Å². The van der Waals surface area contributed by atoms with Gasteiger partial charge in [0, 0.05) is 0 Å². The van der Waals surface area contributed by atoms with E-state index < -0.39 is 32.1 Å². The summed E-state index contributed by atoms with van der Waals surface area (Å²) in [6.07, 6.45) is -5.13. The minimum atomic E-state index is -5.13. The predicted molar refractivity (Wildman–Crippen MR) is 51.2 cm³/mol.